The number of nitrogens with one attached hydrogen (secondary N) is 1. The summed E-state index contributed by atoms with van der Waals surface area (Å²) < 4.78 is 7.36. The highest BCUT2D eigenvalue weighted by atomic mass is 16.5. The van der Waals surface area contributed by atoms with Crippen LogP contribution < -0.4 is 10.1 Å². The van der Waals surface area contributed by atoms with Gasteiger partial charge in [0.25, 0.3) is 0 Å². The van der Waals surface area contributed by atoms with E-state index >= 15 is 0 Å². The molecule has 1 aromatic heterocycles. The molecular formula is C17H21N3O2. The average Bonchev–Trinajstić information content (AvgIpc) is 2.79. The van der Waals surface area contributed by atoms with Crippen LogP contribution in [0.5, 0.6) is 5.75 Å². The number of ether oxygens (including phenoxy) is 1. The molecule has 0 saturated heterocycles. The van der Waals surface area contributed by atoms with Gasteiger partial charge in [-0.15, -0.1) is 0 Å². The molecule has 0 fully saturated rings. The number of nitrogens with zero attached hydrogens (tertiary/aromatic N) is 2. The summed E-state index contributed by atoms with van der Waals surface area (Å²) in [5.74, 6) is 1.77. The maximum Gasteiger partial charge on any atom is 0.226 e. The lowest BCUT2D eigenvalue weighted by Gasteiger charge is -2.24. The van der Waals surface area contributed by atoms with Gasteiger partial charge in [0.1, 0.15) is 11.6 Å². The number of fused-ring (bicyclic) bond motifs is 1. The second-order valence-corrected chi connectivity index (χ2v) is 5.69. The first-order chi connectivity index (χ1) is 10.6. The highest BCUT2D eigenvalue weighted by molar-refractivity contribution is 5.94. The molecule has 0 radical (unpaired) electrons. The van der Waals surface area contributed by atoms with Crippen molar-refractivity contribution in [2.24, 2.45) is 7.05 Å². The quantitative estimate of drug-likeness (QED) is 0.944. The van der Waals surface area contributed by atoms with Crippen LogP contribution in [-0.2, 0) is 11.8 Å². The van der Waals surface area contributed by atoms with E-state index in [1.54, 1.807) is 4.68 Å². The van der Waals surface area contributed by atoms with Gasteiger partial charge in [-0.25, -0.2) is 0 Å². The summed E-state index contributed by atoms with van der Waals surface area (Å²) in [5, 5.41) is 7.36. The Labute approximate surface area is 130 Å². The zero-order valence-corrected chi connectivity index (χ0v) is 13.2. The van der Waals surface area contributed by atoms with Gasteiger partial charge in [-0.3, -0.25) is 9.48 Å². The van der Waals surface area contributed by atoms with Crippen molar-refractivity contribution >= 4 is 11.7 Å². The number of amides is 1. The van der Waals surface area contributed by atoms with Crippen LogP contribution in [0.3, 0.4) is 0 Å². The number of aromatic nitrogens is 2. The van der Waals surface area contributed by atoms with Crippen LogP contribution in [0.15, 0.2) is 24.3 Å². The molecule has 0 saturated carbocycles. The van der Waals surface area contributed by atoms with Crippen molar-refractivity contribution in [2.75, 3.05) is 11.9 Å². The first kappa shape index (κ1) is 14.6. The molecule has 1 amide bonds. The van der Waals surface area contributed by atoms with Crippen LogP contribution >= 0.6 is 0 Å². The van der Waals surface area contributed by atoms with Gasteiger partial charge in [-0.05, 0) is 31.0 Å². The number of carbonyl (C=O) groups excluding carboxylic acids is 1. The van der Waals surface area contributed by atoms with Crippen molar-refractivity contribution in [1.82, 2.24) is 9.78 Å². The Kier molecular flexibility index (Phi) is 3.88. The minimum atomic E-state index is 0.0341. The fourth-order valence-corrected chi connectivity index (χ4v) is 3.01. The number of hydrogen-bond acceptors (Lipinski definition) is 3. The zero-order valence-electron chi connectivity index (χ0n) is 13.2. The maximum absolute atomic E-state index is 12.0. The predicted molar refractivity (Wildman–Crippen MR) is 85.3 cm³/mol. The van der Waals surface area contributed by atoms with Gasteiger partial charge in [-0.2, -0.15) is 5.10 Å². The average molecular weight is 299 g/mol. The summed E-state index contributed by atoms with van der Waals surface area (Å²) in [6.07, 6.45) is 1.44. The lowest BCUT2D eigenvalue weighted by atomic mass is 9.86. The van der Waals surface area contributed by atoms with Gasteiger partial charge in [0.2, 0.25) is 5.91 Å². The molecule has 1 aliphatic heterocycles. The Bertz CT molecular complexity index is 689. The molecule has 1 aromatic carbocycles. The summed E-state index contributed by atoms with van der Waals surface area (Å²) >= 11 is 0. The first-order valence-electron chi connectivity index (χ1n) is 7.66. The molecule has 0 bridgehead atoms. The number of aryl methyl sites for hydroxylation is 2. The summed E-state index contributed by atoms with van der Waals surface area (Å²) in [7, 11) is 1.86. The Balaban J connectivity index is 1.93. The minimum absolute atomic E-state index is 0.0341. The van der Waals surface area contributed by atoms with E-state index in [0.717, 1.165) is 41.4 Å². The van der Waals surface area contributed by atoms with Crippen molar-refractivity contribution in [3.05, 3.63) is 41.1 Å². The molecule has 1 N–H and O–H groups in total. The highest BCUT2D eigenvalue weighted by Crippen LogP contribution is 2.39. The summed E-state index contributed by atoms with van der Waals surface area (Å²) in [6, 6.07) is 8.04. The third-order valence-electron chi connectivity index (χ3n) is 4.02. The Hall–Kier alpha value is -2.30. The molecule has 5 heteroatoms. The van der Waals surface area contributed by atoms with E-state index in [4.69, 9.17) is 4.74 Å². The van der Waals surface area contributed by atoms with Gasteiger partial charge in [0.15, 0.2) is 0 Å². The molecule has 0 unspecified atom stereocenters. The van der Waals surface area contributed by atoms with Crippen LogP contribution in [0.25, 0.3) is 0 Å². The number of benzene rings is 1. The monoisotopic (exact) mass is 299 g/mol. The standard InChI is InChI=1S/C17H21N3O2/c1-4-9-22-13-7-5-12(6-8-13)14-10-15(21)18-17-16(14)11(2)19-20(17)3/h5-8,14H,4,9-10H2,1-3H3,(H,18,21)/t14-/m1/s1. The molecular weight excluding hydrogens is 278 g/mol. The fraction of sp³-hybridized carbons (Fsp3) is 0.412. The van der Waals surface area contributed by atoms with E-state index in [1.807, 2.05) is 38.2 Å². The van der Waals surface area contributed by atoms with Gasteiger partial charge in [0, 0.05) is 24.9 Å². The Morgan fingerprint density at radius 2 is 2.09 bits per heavy atom. The Morgan fingerprint density at radius 1 is 1.36 bits per heavy atom. The van der Waals surface area contributed by atoms with E-state index in [-0.39, 0.29) is 11.8 Å². The van der Waals surface area contributed by atoms with Gasteiger partial charge < -0.3 is 10.1 Å². The van der Waals surface area contributed by atoms with Crippen molar-refractivity contribution in [2.45, 2.75) is 32.6 Å². The minimum Gasteiger partial charge on any atom is -0.494 e. The largest absolute Gasteiger partial charge is 0.494 e. The number of rotatable bonds is 4. The van der Waals surface area contributed by atoms with Crippen LogP contribution in [0.2, 0.25) is 0 Å². The smallest absolute Gasteiger partial charge is 0.226 e. The summed E-state index contributed by atoms with van der Waals surface area (Å²) in [6.45, 7) is 4.79. The van der Waals surface area contributed by atoms with Crippen LogP contribution in [-0.4, -0.2) is 22.3 Å². The third-order valence-corrected chi connectivity index (χ3v) is 4.02. The van der Waals surface area contributed by atoms with Crippen LogP contribution in [0, 0.1) is 6.92 Å². The molecule has 0 aliphatic carbocycles. The normalized spacial score (nSPS) is 17.0. The van der Waals surface area contributed by atoms with Crippen LogP contribution in [0.1, 0.15) is 42.5 Å². The fourth-order valence-electron chi connectivity index (χ4n) is 3.01. The van der Waals surface area contributed by atoms with Crippen LogP contribution in [0.4, 0.5) is 5.82 Å². The second-order valence-electron chi connectivity index (χ2n) is 5.69. The van der Waals surface area contributed by atoms with Crippen molar-refractivity contribution in [3.63, 3.8) is 0 Å². The van der Waals surface area contributed by atoms with E-state index < -0.39 is 0 Å². The molecule has 22 heavy (non-hydrogen) atoms. The van der Waals surface area contributed by atoms with E-state index in [0.29, 0.717) is 6.42 Å². The van der Waals surface area contributed by atoms with Gasteiger partial charge in [-0.1, -0.05) is 19.1 Å². The second kappa shape index (κ2) is 5.83. The summed E-state index contributed by atoms with van der Waals surface area (Å²) in [5.41, 5.74) is 3.20. The molecule has 5 nitrogen and oxygen atoms in total. The lowest BCUT2D eigenvalue weighted by molar-refractivity contribution is -0.116. The van der Waals surface area contributed by atoms with Crippen molar-refractivity contribution < 1.29 is 9.53 Å². The first-order valence-corrected chi connectivity index (χ1v) is 7.66. The van der Waals surface area contributed by atoms with Crippen molar-refractivity contribution in [1.29, 1.82) is 0 Å². The summed E-state index contributed by atoms with van der Waals surface area (Å²) in [4.78, 5) is 12.0. The number of hydrogen-bond donors (Lipinski definition) is 1. The molecule has 1 atom stereocenters. The molecule has 2 heterocycles. The maximum atomic E-state index is 12.0. The number of anilines is 1. The molecule has 2 aromatic rings. The van der Waals surface area contributed by atoms with Crippen molar-refractivity contribution in [3.8, 4) is 5.75 Å². The van der Waals surface area contributed by atoms with Gasteiger partial charge >= 0.3 is 0 Å². The predicted octanol–water partition coefficient (Wildman–Crippen LogP) is 2.99. The SMILES string of the molecule is CCCOc1ccc([C@H]2CC(=O)Nc3c2c(C)nn3C)cc1. The topological polar surface area (TPSA) is 56.1 Å². The molecule has 116 valence electrons. The third kappa shape index (κ3) is 2.58. The number of carbonyl (C=O) groups is 1. The zero-order chi connectivity index (χ0) is 15.7. The highest BCUT2D eigenvalue weighted by Gasteiger charge is 2.31. The van der Waals surface area contributed by atoms with E-state index in [2.05, 4.69) is 17.3 Å². The Morgan fingerprint density at radius 3 is 2.77 bits per heavy atom. The lowest BCUT2D eigenvalue weighted by Crippen LogP contribution is -2.24. The molecule has 3 rings (SSSR count). The van der Waals surface area contributed by atoms with E-state index in [1.165, 1.54) is 0 Å². The molecule has 0 spiro atoms. The molecule has 1 aliphatic rings. The van der Waals surface area contributed by atoms with E-state index in [9.17, 15) is 4.79 Å². The van der Waals surface area contributed by atoms with Gasteiger partial charge in [0.05, 0.1) is 12.3 Å².